The molecule has 0 bridgehead atoms. The highest BCUT2D eigenvalue weighted by Crippen LogP contribution is 2.41. The SMILES string of the molecule is COc1ccc2c(c1)C(=O)N(CCN1CCC3(CC1)C(=O)N(CC1CC1)CN3c1ccccc1)CO2. The molecule has 190 valence electrons. The van der Waals surface area contributed by atoms with Gasteiger partial charge >= 0.3 is 0 Å². The summed E-state index contributed by atoms with van der Waals surface area (Å²) in [6, 6.07) is 15.7. The average Bonchev–Trinajstić information content (AvgIpc) is 3.71. The molecule has 0 atom stereocenters. The molecule has 8 nitrogen and oxygen atoms in total. The highest BCUT2D eigenvalue weighted by Gasteiger charge is 2.54. The van der Waals surface area contributed by atoms with Crippen molar-refractivity contribution in [3.05, 3.63) is 54.1 Å². The summed E-state index contributed by atoms with van der Waals surface area (Å²) in [7, 11) is 1.59. The van der Waals surface area contributed by atoms with E-state index in [1.165, 1.54) is 12.8 Å². The number of hydrogen-bond acceptors (Lipinski definition) is 6. The van der Waals surface area contributed by atoms with Crippen LogP contribution in [0.2, 0.25) is 0 Å². The van der Waals surface area contributed by atoms with Crippen molar-refractivity contribution in [2.24, 2.45) is 5.92 Å². The molecule has 36 heavy (non-hydrogen) atoms. The van der Waals surface area contributed by atoms with Gasteiger partial charge in [-0.25, -0.2) is 0 Å². The third kappa shape index (κ3) is 4.17. The van der Waals surface area contributed by atoms with Crippen LogP contribution in [-0.2, 0) is 4.79 Å². The van der Waals surface area contributed by atoms with E-state index in [4.69, 9.17) is 9.47 Å². The maximum absolute atomic E-state index is 13.7. The number of carbonyl (C=O) groups excluding carboxylic acids is 2. The van der Waals surface area contributed by atoms with Crippen LogP contribution in [0.4, 0.5) is 5.69 Å². The second kappa shape index (κ2) is 9.32. The minimum absolute atomic E-state index is 0.0272. The fraction of sp³-hybridized carbons (Fsp3) is 0.500. The lowest BCUT2D eigenvalue weighted by molar-refractivity contribution is -0.133. The number of benzene rings is 2. The molecule has 0 N–H and O–H groups in total. The Balaban J connectivity index is 1.11. The smallest absolute Gasteiger partial charge is 0.260 e. The second-order valence-corrected chi connectivity index (χ2v) is 10.5. The van der Waals surface area contributed by atoms with Gasteiger partial charge in [-0.1, -0.05) is 18.2 Å². The van der Waals surface area contributed by atoms with E-state index in [-0.39, 0.29) is 12.6 Å². The summed E-state index contributed by atoms with van der Waals surface area (Å²) < 4.78 is 11.1. The highest BCUT2D eigenvalue weighted by atomic mass is 16.5. The Morgan fingerprint density at radius 1 is 1.00 bits per heavy atom. The summed E-state index contributed by atoms with van der Waals surface area (Å²) in [6.07, 6.45) is 4.08. The Labute approximate surface area is 212 Å². The van der Waals surface area contributed by atoms with E-state index in [1.54, 1.807) is 30.2 Å². The first-order chi connectivity index (χ1) is 17.6. The van der Waals surface area contributed by atoms with E-state index in [0.29, 0.717) is 42.1 Å². The van der Waals surface area contributed by atoms with Gasteiger partial charge in [0.2, 0.25) is 5.91 Å². The number of methoxy groups -OCH3 is 1. The first kappa shape index (κ1) is 23.2. The number of anilines is 1. The molecule has 3 aliphatic heterocycles. The molecule has 6 rings (SSSR count). The third-order valence-corrected chi connectivity index (χ3v) is 8.21. The van der Waals surface area contributed by atoms with Crippen LogP contribution in [0.15, 0.2) is 48.5 Å². The van der Waals surface area contributed by atoms with Gasteiger partial charge in [-0.05, 0) is 61.9 Å². The molecule has 4 aliphatic rings. The standard InChI is InChI=1S/C28H34N4O4/c1-35-23-9-10-25-24(17-23)26(33)30(20-36-25)16-15-29-13-11-28(12-14-29)27(34)31(18-21-7-8-21)19-32(28)22-5-3-2-4-6-22/h2-6,9-10,17,21H,7-8,11-16,18-20H2,1H3. The summed E-state index contributed by atoms with van der Waals surface area (Å²) in [5, 5.41) is 0. The number of rotatable bonds is 7. The van der Waals surface area contributed by atoms with Crippen molar-refractivity contribution in [3.8, 4) is 11.5 Å². The Bertz CT molecular complexity index is 1130. The van der Waals surface area contributed by atoms with Crippen molar-refractivity contribution in [2.45, 2.75) is 31.2 Å². The molecule has 1 spiro atoms. The van der Waals surface area contributed by atoms with Gasteiger partial charge in [0.15, 0.2) is 6.73 Å². The summed E-state index contributed by atoms with van der Waals surface area (Å²) in [4.78, 5) is 35.4. The van der Waals surface area contributed by atoms with Gasteiger partial charge in [-0.15, -0.1) is 0 Å². The van der Waals surface area contributed by atoms with Gasteiger partial charge in [0.25, 0.3) is 5.91 Å². The van der Waals surface area contributed by atoms with Gasteiger partial charge in [0.05, 0.1) is 19.3 Å². The van der Waals surface area contributed by atoms with Crippen molar-refractivity contribution < 1.29 is 19.1 Å². The van der Waals surface area contributed by atoms with Crippen molar-refractivity contribution in [1.29, 1.82) is 0 Å². The molecule has 2 saturated heterocycles. The minimum Gasteiger partial charge on any atom is -0.497 e. The number of likely N-dealkylation sites (tertiary alicyclic amines) is 1. The van der Waals surface area contributed by atoms with Gasteiger partial charge in [0, 0.05) is 38.4 Å². The third-order valence-electron chi connectivity index (χ3n) is 8.21. The fourth-order valence-electron chi connectivity index (χ4n) is 5.83. The van der Waals surface area contributed by atoms with Crippen LogP contribution < -0.4 is 14.4 Å². The molecule has 3 heterocycles. The molecular weight excluding hydrogens is 456 g/mol. The zero-order valence-corrected chi connectivity index (χ0v) is 20.9. The van der Waals surface area contributed by atoms with Crippen LogP contribution in [0.5, 0.6) is 11.5 Å². The molecule has 3 fully saturated rings. The highest BCUT2D eigenvalue weighted by molar-refractivity contribution is 5.98. The van der Waals surface area contributed by atoms with E-state index in [2.05, 4.69) is 39.0 Å². The minimum atomic E-state index is -0.466. The lowest BCUT2D eigenvalue weighted by Crippen LogP contribution is -2.57. The van der Waals surface area contributed by atoms with Gasteiger partial charge in [0.1, 0.15) is 17.0 Å². The maximum Gasteiger partial charge on any atom is 0.260 e. The number of fused-ring (bicyclic) bond motifs is 1. The van der Waals surface area contributed by atoms with Crippen molar-refractivity contribution in [1.82, 2.24) is 14.7 Å². The summed E-state index contributed by atoms with van der Waals surface area (Å²) in [6.45, 7) is 4.84. The van der Waals surface area contributed by atoms with Gasteiger partial charge < -0.3 is 29.1 Å². The van der Waals surface area contributed by atoms with Crippen LogP contribution >= 0.6 is 0 Å². The zero-order valence-electron chi connectivity index (χ0n) is 20.9. The molecule has 1 saturated carbocycles. The van der Waals surface area contributed by atoms with Crippen LogP contribution in [0.1, 0.15) is 36.0 Å². The largest absolute Gasteiger partial charge is 0.497 e. The van der Waals surface area contributed by atoms with Crippen molar-refractivity contribution in [3.63, 3.8) is 0 Å². The molecule has 0 unspecified atom stereocenters. The molecule has 1 aliphatic carbocycles. The Hall–Kier alpha value is -3.26. The molecular formula is C28H34N4O4. The van der Waals surface area contributed by atoms with E-state index in [0.717, 1.165) is 44.7 Å². The summed E-state index contributed by atoms with van der Waals surface area (Å²) >= 11 is 0. The van der Waals surface area contributed by atoms with E-state index < -0.39 is 5.54 Å². The van der Waals surface area contributed by atoms with E-state index >= 15 is 0 Å². The Kier molecular flexibility index (Phi) is 5.99. The lowest BCUT2D eigenvalue weighted by atomic mass is 9.85. The molecule has 2 aromatic carbocycles. The normalized spacial score (nSPS) is 21.6. The molecule has 2 aromatic rings. The van der Waals surface area contributed by atoms with Crippen LogP contribution in [0, 0.1) is 5.92 Å². The Morgan fingerprint density at radius 2 is 1.78 bits per heavy atom. The lowest BCUT2D eigenvalue weighted by Gasteiger charge is -2.43. The van der Waals surface area contributed by atoms with E-state index in [9.17, 15) is 9.59 Å². The van der Waals surface area contributed by atoms with Crippen LogP contribution in [0.3, 0.4) is 0 Å². The van der Waals surface area contributed by atoms with Gasteiger partial charge in [-0.2, -0.15) is 0 Å². The molecule has 2 amide bonds. The van der Waals surface area contributed by atoms with Crippen LogP contribution in [-0.4, -0.2) is 85.3 Å². The second-order valence-electron chi connectivity index (χ2n) is 10.5. The zero-order chi connectivity index (χ0) is 24.7. The predicted octanol–water partition coefficient (Wildman–Crippen LogP) is 3.04. The monoisotopic (exact) mass is 490 g/mol. The number of piperidine rings is 1. The number of ether oxygens (including phenoxy) is 2. The first-order valence-corrected chi connectivity index (χ1v) is 13.0. The summed E-state index contributed by atoms with van der Waals surface area (Å²) in [5.74, 6) is 2.20. The molecule has 8 heteroatoms. The molecule has 0 radical (unpaired) electrons. The van der Waals surface area contributed by atoms with Crippen molar-refractivity contribution >= 4 is 17.5 Å². The predicted molar refractivity (Wildman–Crippen MR) is 136 cm³/mol. The number of para-hydroxylation sites is 1. The van der Waals surface area contributed by atoms with Gasteiger partial charge in [-0.3, -0.25) is 9.59 Å². The first-order valence-electron chi connectivity index (χ1n) is 13.0. The number of nitrogens with zero attached hydrogens (tertiary/aromatic N) is 4. The number of hydrogen-bond donors (Lipinski definition) is 0. The fourth-order valence-corrected chi connectivity index (χ4v) is 5.83. The number of carbonyl (C=O) groups is 2. The van der Waals surface area contributed by atoms with Crippen molar-refractivity contribution in [2.75, 3.05) is 58.1 Å². The molecule has 0 aromatic heterocycles. The average molecular weight is 491 g/mol. The van der Waals surface area contributed by atoms with Crippen LogP contribution in [0.25, 0.3) is 0 Å². The number of amides is 2. The van der Waals surface area contributed by atoms with E-state index in [1.807, 2.05) is 6.07 Å². The summed E-state index contributed by atoms with van der Waals surface area (Å²) in [5.41, 5.74) is 1.21. The topological polar surface area (TPSA) is 65.6 Å². The quantitative estimate of drug-likeness (QED) is 0.595. The Morgan fingerprint density at radius 3 is 2.50 bits per heavy atom. The maximum atomic E-state index is 13.7.